The smallest absolute Gasteiger partial charge is 0.127 e. The summed E-state index contributed by atoms with van der Waals surface area (Å²) in [5, 5.41) is 4.44. The summed E-state index contributed by atoms with van der Waals surface area (Å²) in [5.74, 6) is 1.59. The first-order chi connectivity index (χ1) is 8.65. The molecule has 1 aromatic carbocycles. The Morgan fingerprint density at radius 3 is 2.83 bits per heavy atom. The SMILES string of the molecule is CC1CC1Nc1cc(C(N)=S)c2ccccc2n1. The van der Waals surface area contributed by atoms with Crippen molar-refractivity contribution in [2.24, 2.45) is 11.7 Å². The van der Waals surface area contributed by atoms with E-state index in [0.29, 0.717) is 11.0 Å². The summed E-state index contributed by atoms with van der Waals surface area (Å²) < 4.78 is 0. The average molecular weight is 257 g/mol. The van der Waals surface area contributed by atoms with Gasteiger partial charge in [-0.25, -0.2) is 4.98 Å². The van der Waals surface area contributed by atoms with Crippen LogP contribution in [0.4, 0.5) is 5.82 Å². The third-order valence-corrected chi connectivity index (χ3v) is 3.64. The van der Waals surface area contributed by atoms with Crippen molar-refractivity contribution in [1.82, 2.24) is 4.98 Å². The van der Waals surface area contributed by atoms with Crippen LogP contribution < -0.4 is 11.1 Å². The molecule has 2 unspecified atom stereocenters. The maximum Gasteiger partial charge on any atom is 0.127 e. The minimum Gasteiger partial charge on any atom is -0.389 e. The maximum absolute atomic E-state index is 5.80. The highest BCUT2D eigenvalue weighted by Gasteiger charge is 2.32. The molecule has 3 N–H and O–H groups in total. The van der Waals surface area contributed by atoms with E-state index in [0.717, 1.165) is 28.2 Å². The van der Waals surface area contributed by atoms with Crippen molar-refractivity contribution in [1.29, 1.82) is 0 Å². The lowest BCUT2D eigenvalue weighted by molar-refractivity contribution is 0.925. The Hall–Kier alpha value is -1.68. The van der Waals surface area contributed by atoms with E-state index >= 15 is 0 Å². The van der Waals surface area contributed by atoms with Crippen molar-refractivity contribution in [3.8, 4) is 0 Å². The van der Waals surface area contributed by atoms with E-state index in [9.17, 15) is 0 Å². The highest BCUT2D eigenvalue weighted by molar-refractivity contribution is 7.80. The van der Waals surface area contributed by atoms with Gasteiger partial charge in [-0.15, -0.1) is 0 Å². The molecule has 0 aliphatic heterocycles. The first-order valence-electron chi connectivity index (χ1n) is 6.11. The normalized spacial score (nSPS) is 21.8. The second-order valence-electron chi connectivity index (χ2n) is 4.90. The number of nitrogens with zero attached hydrogens (tertiary/aromatic N) is 1. The minimum atomic E-state index is 0.417. The van der Waals surface area contributed by atoms with Crippen molar-refractivity contribution in [3.05, 3.63) is 35.9 Å². The largest absolute Gasteiger partial charge is 0.389 e. The molecule has 1 aliphatic rings. The van der Waals surface area contributed by atoms with Gasteiger partial charge in [-0.2, -0.15) is 0 Å². The Bertz CT molecular complexity index is 623. The number of thiocarbonyl (C=S) groups is 1. The van der Waals surface area contributed by atoms with E-state index in [4.69, 9.17) is 18.0 Å². The summed E-state index contributed by atoms with van der Waals surface area (Å²) in [5.41, 5.74) is 7.62. The lowest BCUT2D eigenvalue weighted by atomic mass is 10.1. The molecule has 18 heavy (non-hydrogen) atoms. The third-order valence-electron chi connectivity index (χ3n) is 3.42. The van der Waals surface area contributed by atoms with Gasteiger partial charge in [0.25, 0.3) is 0 Å². The Morgan fingerprint density at radius 2 is 2.17 bits per heavy atom. The predicted octanol–water partition coefficient (Wildman–Crippen LogP) is 2.69. The number of pyridine rings is 1. The average Bonchev–Trinajstić information content (AvgIpc) is 3.03. The summed E-state index contributed by atoms with van der Waals surface area (Å²) >= 11 is 5.12. The first kappa shape index (κ1) is 11.4. The number of nitrogens with two attached hydrogens (primary N) is 1. The summed E-state index contributed by atoms with van der Waals surface area (Å²) in [4.78, 5) is 5.02. The van der Waals surface area contributed by atoms with Crippen molar-refractivity contribution < 1.29 is 0 Å². The number of benzene rings is 1. The fraction of sp³-hybridized carbons (Fsp3) is 0.286. The number of para-hydroxylation sites is 1. The molecular weight excluding hydrogens is 242 g/mol. The molecule has 1 heterocycles. The summed E-state index contributed by atoms with van der Waals surface area (Å²) in [7, 11) is 0. The quantitative estimate of drug-likeness (QED) is 0.830. The first-order valence-corrected chi connectivity index (χ1v) is 6.52. The van der Waals surface area contributed by atoms with Gasteiger partial charge in [0.05, 0.1) is 5.52 Å². The molecule has 1 aliphatic carbocycles. The fourth-order valence-electron chi connectivity index (χ4n) is 2.17. The Morgan fingerprint density at radius 1 is 1.44 bits per heavy atom. The predicted molar refractivity (Wildman–Crippen MR) is 78.8 cm³/mol. The topological polar surface area (TPSA) is 50.9 Å². The number of nitrogens with one attached hydrogen (secondary N) is 1. The molecule has 0 amide bonds. The third kappa shape index (κ3) is 2.04. The molecule has 1 aromatic heterocycles. The molecule has 0 radical (unpaired) electrons. The van der Waals surface area contributed by atoms with Crippen LogP contribution in [0.5, 0.6) is 0 Å². The van der Waals surface area contributed by atoms with Crippen LogP contribution in [0.2, 0.25) is 0 Å². The lowest BCUT2D eigenvalue weighted by Crippen LogP contribution is -2.12. The molecule has 2 atom stereocenters. The van der Waals surface area contributed by atoms with Gasteiger partial charge in [0.2, 0.25) is 0 Å². The van der Waals surface area contributed by atoms with E-state index in [-0.39, 0.29) is 0 Å². The molecule has 0 bridgehead atoms. The van der Waals surface area contributed by atoms with Gasteiger partial charge in [-0.3, -0.25) is 0 Å². The van der Waals surface area contributed by atoms with Gasteiger partial charge in [0.1, 0.15) is 10.8 Å². The van der Waals surface area contributed by atoms with E-state index in [1.54, 1.807) is 0 Å². The van der Waals surface area contributed by atoms with Gasteiger partial charge in [-0.05, 0) is 24.5 Å². The van der Waals surface area contributed by atoms with Crippen LogP contribution in [0.3, 0.4) is 0 Å². The van der Waals surface area contributed by atoms with Crippen LogP contribution >= 0.6 is 12.2 Å². The summed E-state index contributed by atoms with van der Waals surface area (Å²) in [6.45, 7) is 2.23. The van der Waals surface area contributed by atoms with Gasteiger partial charge in [-0.1, -0.05) is 37.3 Å². The highest BCUT2D eigenvalue weighted by Crippen LogP contribution is 2.33. The van der Waals surface area contributed by atoms with Crippen LogP contribution in [0.25, 0.3) is 10.9 Å². The van der Waals surface area contributed by atoms with Crippen LogP contribution in [0.1, 0.15) is 18.9 Å². The molecule has 0 saturated heterocycles. The van der Waals surface area contributed by atoms with Crippen molar-refractivity contribution in [3.63, 3.8) is 0 Å². The molecule has 1 saturated carbocycles. The van der Waals surface area contributed by atoms with Gasteiger partial charge in [0.15, 0.2) is 0 Å². The molecule has 3 rings (SSSR count). The van der Waals surface area contributed by atoms with Gasteiger partial charge in [0, 0.05) is 17.0 Å². The van der Waals surface area contributed by atoms with Crippen LogP contribution in [0.15, 0.2) is 30.3 Å². The zero-order valence-electron chi connectivity index (χ0n) is 10.2. The number of hydrogen-bond acceptors (Lipinski definition) is 3. The van der Waals surface area contributed by atoms with E-state index in [1.165, 1.54) is 6.42 Å². The molecule has 1 fully saturated rings. The number of aromatic nitrogens is 1. The zero-order chi connectivity index (χ0) is 12.7. The minimum absolute atomic E-state index is 0.417. The highest BCUT2D eigenvalue weighted by atomic mass is 32.1. The monoisotopic (exact) mass is 257 g/mol. The van der Waals surface area contributed by atoms with Crippen LogP contribution in [-0.4, -0.2) is 16.0 Å². The van der Waals surface area contributed by atoms with Gasteiger partial charge >= 0.3 is 0 Å². The van der Waals surface area contributed by atoms with Gasteiger partial charge < -0.3 is 11.1 Å². The molecular formula is C14H15N3S. The molecule has 2 aromatic rings. The van der Waals surface area contributed by atoms with Crippen molar-refractivity contribution in [2.75, 3.05) is 5.32 Å². The Kier molecular flexibility index (Phi) is 2.67. The molecule has 3 nitrogen and oxygen atoms in total. The number of rotatable bonds is 3. The van der Waals surface area contributed by atoms with Crippen molar-refractivity contribution >= 4 is 33.9 Å². The zero-order valence-corrected chi connectivity index (χ0v) is 11.0. The van der Waals surface area contributed by atoms with E-state index in [2.05, 4.69) is 17.2 Å². The lowest BCUT2D eigenvalue weighted by Gasteiger charge is -2.10. The van der Waals surface area contributed by atoms with E-state index in [1.807, 2.05) is 30.3 Å². The maximum atomic E-state index is 5.80. The second-order valence-corrected chi connectivity index (χ2v) is 5.34. The van der Waals surface area contributed by atoms with Crippen LogP contribution in [-0.2, 0) is 0 Å². The fourth-order valence-corrected chi connectivity index (χ4v) is 2.34. The van der Waals surface area contributed by atoms with Crippen LogP contribution in [0, 0.1) is 5.92 Å². The van der Waals surface area contributed by atoms with E-state index < -0.39 is 0 Å². The number of hydrogen-bond donors (Lipinski definition) is 2. The number of anilines is 1. The Balaban J connectivity index is 2.08. The number of fused-ring (bicyclic) bond motifs is 1. The standard InChI is InChI=1S/C14H15N3S/c1-8-6-12(8)17-13-7-10(14(15)18)9-4-2-3-5-11(9)16-13/h2-5,7-8,12H,6H2,1H3,(H2,15,18)(H,16,17). The summed E-state index contributed by atoms with van der Waals surface area (Å²) in [6.07, 6.45) is 1.21. The summed E-state index contributed by atoms with van der Waals surface area (Å²) in [6, 6.07) is 10.4. The molecule has 0 spiro atoms. The second kappa shape index (κ2) is 4.21. The molecule has 92 valence electrons. The Labute approximate surface area is 111 Å². The van der Waals surface area contributed by atoms with Crippen molar-refractivity contribution in [2.45, 2.75) is 19.4 Å². The molecule has 4 heteroatoms.